The molecule has 0 saturated carbocycles. The number of aromatic nitrogens is 2. The first kappa shape index (κ1) is 11.9. The number of likely N-dealkylation sites (N-methyl/N-ethyl adjacent to an activating group) is 1. The van der Waals surface area contributed by atoms with Crippen LogP contribution in [0.2, 0.25) is 0 Å². The quantitative estimate of drug-likeness (QED) is 0.872. The lowest BCUT2D eigenvalue weighted by Crippen LogP contribution is -2.22. The van der Waals surface area contributed by atoms with Crippen molar-refractivity contribution in [2.45, 2.75) is 26.4 Å². The van der Waals surface area contributed by atoms with E-state index in [2.05, 4.69) is 46.1 Å². The Labute approximate surface area is 103 Å². The number of hydrogen-bond donors (Lipinski definition) is 1. The number of nitrogens with one attached hydrogen (secondary N) is 1. The first-order valence-electron chi connectivity index (χ1n) is 5.92. The van der Waals surface area contributed by atoms with E-state index in [1.165, 1.54) is 11.1 Å². The molecule has 0 bridgehead atoms. The lowest BCUT2D eigenvalue weighted by atomic mass is 10.0. The summed E-state index contributed by atoms with van der Waals surface area (Å²) in [6.07, 6.45) is 3.87. The highest BCUT2D eigenvalue weighted by Crippen LogP contribution is 2.16. The fraction of sp³-hybridized carbons (Fsp3) is 0.357. The van der Waals surface area contributed by atoms with Crippen molar-refractivity contribution in [1.82, 2.24) is 14.9 Å². The van der Waals surface area contributed by atoms with Crippen molar-refractivity contribution in [3.8, 4) is 0 Å². The number of benzene rings is 1. The van der Waals surface area contributed by atoms with Gasteiger partial charge in [0.15, 0.2) is 0 Å². The van der Waals surface area contributed by atoms with Crippen LogP contribution < -0.4 is 5.32 Å². The maximum Gasteiger partial charge on any atom is 0.105 e. The van der Waals surface area contributed by atoms with E-state index in [1.807, 2.05) is 26.4 Å². The molecule has 1 aromatic heterocycles. The predicted octanol–water partition coefficient (Wildman–Crippen LogP) is 2.46. The highest BCUT2D eigenvalue weighted by atomic mass is 15.1. The van der Waals surface area contributed by atoms with Crippen molar-refractivity contribution >= 4 is 0 Å². The molecular formula is C14H19N3. The summed E-state index contributed by atoms with van der Waals surface area (Å²) in [6, 6.07) is 8.95. The molecule has 0 saturated heterocycles. The zero-order valence-corrected chi connectivity index (χ0v) is 10.6. The Bertz CT molecular complexity index is 488. The first-order valence-corrected chi connectivity index (χ1v) is 5.92. The molecule has 2 rings (SSSR count). The zero-order chi connectivity index (χ0) is 12.3. The van der Waals surface area contributed by atoms with Crippen molar-refractivity contribution in [2.24, 2.45) is 0 Å². The molecule has 0 aliphatic heterocycles. The molecule has 0 spiro atoms. The molecule has 3 nitrogen and oxygen atoms in total. The lowest BCUT2D eigenvalue weighted by Gasteiger charge is -2.18. The third-order valence-electron chi connectivity index (χ3n) is 3.10. The maximum atomic E-state index is 4.25. The van der Waals surface area contributed by atoms with E-state index in [1.54, 1.807) is 0 Å². The Kier molecular flexibility index (Phi) is 3.59. The van der Waals surface area contributed by atoms with E-state index in [9.17, 15) is 0 Å². The van der Waals surface area contributed by atoms with E-state index in [-0.39, 0.29) is 0 Å². The Morgan fingerprint density at radius 2 is 2.18 bits per heavy atom. The Balaban J connectivity index is 2.20. The molecule has 0 fully saturated rings. The SMILES string of the molecule is CNC(Cn1ccnc1C)c1cccc(C)c1. The van der Waals surface area contributed by atoms with Gasteiger partial charge < -0.3 is 9.88 Å². The molecule has 2 aromatic rings. The average Bonchev–Trinajstić information content (AvgIpc) is 2.71. The maximum absolute atomic E-state index is 4.25. The van der Waals surface area contributed by atoms with Gasteiger partial charge in [-0.2, -0.15) is 0 Å². The summed E-state index contributed by atoms with van der Waals surface area (Å²) >= 11 is 0. The molecule has 1 N–H and O–H groups in total. The van der Waals surface area contributed by atoms with Crippen molar-refractivity contribution in [3.63, 3.8) is 0 Å². The smallest absolute Gasteiger partial charge is 0.105 e. The van der Waals surface area contributed by atoms with Crippen LogP contribution in [0.3, 0.4) is 0 Å². The number of nitrogens with zero attached hydrogens (tertiary/aromatic N) is 2. The van der Waals surface area contributed by atoms with Crippen molar-refractivity contribution in [2.75, 3.05) is 7.05 Å². The third kappa shape index (κ3) is 2.74. The van der Waals surface area contributed by atoms with E-state index >= 15 is 0 Å². The van der Waals surface area contributed by atoms with Crippen molar-refractivity contribution in [3.05, 3.63) is 53.6 Å². The zero-order valence-electron chi connectivity index (χ0n) is 10.6. The van der Waals surface area contributed by atoms with Gasteiger partial charge in [0.05, 0.1) is 0 Å². The van der Waals surface area contributed by atoms with Gasteiger partial charge in [-0.05, 0) is 26.5 Å². The molecule has 3 heteroatoms. The highest BCUT2D eigenvalue weighted by Gasteiger charge is 2.10. The van der Waals surface area contributed by atoms with E-state index in [0.29, 0.717) is 6.04 Å². The minimum Gasteiger partial charge on any atom is -0.333 e. The van der Waals surface area contributed by atoms with Crippen molar-refractivity contribution in [1.29, 1.82) is 0 Å². The second-order valence-electron chi connectivity index (χ2n) is 4.38. The molecule has 0 aliphatic carbocycles. The highest BCUT2D eigenvalue weighted by molar-refractivity contribution is 5.25. The van der Waals surface area contributed by atoms with E-state index in [4.69, 9.17) is 0 Å². The normalized spacial score (nSPS) is 12.6. The second-order valence-corrected chi connectivity index (χ2v) is 4.38. The van der Waals surface area contributed by atoms with Crippen LogP contribution in [-0.2, 0) is 6.54 Å². The fourth-order valence-corrected chi connectivity index (χ4v) is 2.04. The fourth-order valence-electron chi connectivity index (χ4n) is 2.04. The molecule has 1 atom stereocenters. The van der Waals surface area contributed by atoms with Crippen LogP contribution in [0.4, 0.5) is 0 Å². The minimum absolute atomic E-state index is 0.322. The summed E-state index contributed by atoms with van der Waals surface area (Å²) in [5, 5.41) is 3.36. The minimum atomic E-state index is 0.322. The van der Waals surface area contributed by atoms with Crippen LogP contribution in [0.25, 0.3) is 0 Å². The van der Waals surface area contributed by atoms with Gasteiger partial charge in [-0.15, -0.1) is 0 Å². The molecule has 0 aliphatic rings. The molecule has 17 heavy (non-hydrogen) atoms. The molecule has 0 radical (unpaired) electrons. The van der Waals surface area contributed by atoms with Gasteiger partial charge in [0.25, 0.3) is 0 Å². The summed E-state index contributed by atoms with van der Waals surface area (Å²) < 4.78 is 2.17. The third-order valence-corrected chi connectivity index (χ3v) is 3.10. The number of imidazole rings is 1. The van der Waals surface area contributed by atoms with Gasteiger partial charge in [-0.3, -0.25) is 0 Å². The Hall–Kier alpha value is -1.61. The van der Waals surface area contributed by atoms with Gasteiger partial charge in [-0.1, -0.05) is 29.8 Å². The van der Waals surface area contributed by atoms with Gasteiger partial charge in [0.1, 0.15) is 5.82 Å². The average molecular weight is 229 g/mol. The summed E-state index contributed by atoms with van der Waals surface area (Å²) in [5.41, 5.74) is 2.62. The van der Waals surface area contributed by atoms with Gasteiger partial charge >= 0.3 is 0 Å². The topological polar surface area (TPSA) is 29.9 Å². The van der Waals surface area contributed by atoms with Crippen LogP contribution in [0.1, 0.15) is 23.0 Å². The Morgan fingerprint density at radius 1 is 1.35 bits per heavy atom. The van der Waals surface area contributed by atoms with Crippen molar-refractivity contribution < 1.29 is 0 Å². The predicted molar refractivity (Wildman–Crippen MR) is 69.9 cm³/mol. The standard InChI is InChI=1S/C14H19N3/c1-11-5-4-6-13(9-11)14(15-3)10-17-8-7-16-12(17)2/h4-9,14-15H,10H2,1-3H3. The number of aryl methyl sites for hydroxylation is 2. The lowest BCUT2D eigenvalue weighted by molar-refractivity contribution is 0.493. The summed E-state index contributed by atoms with van der Waals surface area (Å²) in [4.78, 5) is 4.25. The van der Waals surface area contributed by atoms with Crippen LogP contribution in [0, 0.1) is 13.8 Å². The second kappa shape index (κ2) is 5.15. The van der Waals surface area contributed by atoms with Crippen LogP contribution in [0.15, 0.2) is 36.7 Å². The molecule has 1 heterocycles. The number of hydrogen-bond acceptors (Lipinski definition) is 2. The molecule has 0 amide bonds. The Morgan fingerprint density at radius 3 is 2.76 bits per heavy atom. The van der Waals surface area contributed by atoms with Crippen LogP contribution in [-0.4, -0.2) is 16.6 Å². The molecule has 90 valence electrons. The summed E-state index contributed by atoms with van der Waals surface area (Å²) in [7, 11) is 2.00. The van der Waals surface area contributed by atoms with Crippen LogP contribution in [0.5, 0.6) is 0 Å². The summed E-state index contributed by atoms with van der Waals surface area (Å²) in [6.45, 7) is 5.06. The number of rotatable bonds is 4. The summed E-state index contributed by atoms with van der Waals surface area (Å²) in [5.74, 6) is 1.05. The monoisotopic (exact) mass is 229 g/mol. The van der Waals surface area contributed by atoms with Gasteiger partial charge in [-0.25, -0.2) is 4.98 Å². The van der Waals surface area contributed by atoms with E-state index < -0.39 is 0 Å². The van der Waals surface area contributed by atoms with Gasteiger partial charge in [0.2, 0.25) is 0 Å². The largest absolute Gasteiger partial charge is 0.333 e. The van der Waals surface area contributed by atoms with Gasteiger partial charge in [0, 0.05) is 25.0 Å². The van der Waals surface area contributed by atoms with E-state index in [0.717, 1.165) is 12.4 Å². The molecule has 1 aromatic carbocycles. The first-order chi connectivity index (χ1) is 8.20. The van der Waals surface area contributed by atoms with Crippen LogP contribution >= 0.6 is 0 Å². The molecular weight excluding hydrogens is 210 g/mol. The molecule has 1 unspecified atom stereocenters.